The molecule has 0 saturated heterocycles. The molecule has 0 spiro atoms. The highest BCUT2D eigenvalue weighted by molar-refractivity contribution is 6.00. The maximum atomic E-state index is 6.03. The van der Waals surface area contributed by atoms with Crippen LogP contribution >= 0.6 is 0 Å². The van der Waals surface area contributed by atoms with E-state index in [0.29, 0.717) is 11.4 Å². The zero-order valence-corrected chi connectivity index (χ0v) is 11.4. The van der Waals surface area contributed by atoms with Gasteiger partial charge in [0.05, 0.1) is 0 Å². The summed E-state index contributed by atoms with van der Waals surface area (Å²) < 4.78 is 5.58. The molecule has 0 bridgehead atoms. The molecule has 0 saturated carbocycles. The summed E-state index contributed by atoms with van der Waals surface area (Å²) in [5.41, 5.74) is 10.6. The number of hydrogen-bond donors (Lipinski definition) is 1. The summed E-state index contributed by atoms with van der Waals surface area (Å²) in [5.74, 6) is 0.409. The third kappa shape index (κ3) is 2.28. The number of benzene rings is 2. The van der Waals surface area contributed by atoms with E-state index in [1.165, 1.54) is 0 Å². The Morgan fingerprint density at radius 3 is 2.75 bits per heavy atom. The van der Waals surface area contributed by atoms with Gasteiger partial charge in [0.15, 0.2) is 5.58 Å². The van der Waals surface area contributed by atoms with Crippen LogP contribution in [0.15, 0.2) is 51.9 Å². The molecule has 0 aliphatic carbocycles. The lowest BCUT2D eigenvalue weighted by molar-refractivity contribution is 0.613. The number of hydrogen-bond acceptors (Lipinski definition) is 3. The Kier molecular flexibility index (Phi) is 2.99. The average molecular weight is 265 g/mol. The fourth-order valence-electron chi connectivity index (χ4n) is 2.10. The van der Waals surface area contributed by atoms with E-state index < -0.39 is 0 Å². The van der Waals surface area contributed by atoms with Crippen molar-refractivity contribution < 1.29 is 4.42 Å². The topological polar surface area (TPSA) is 64.4 Å². The van der Waals surface area contributed by atoms with Crippen LogP contribution in [0.4, 0.5) is 6.01 Å². The van der Waals surface area contributed by atoms with Crippen molar-refractivity contribution in [2.75, 3.05) is 0 Å². The van der Waals surface area contributed by atoms with Crippen LogP contribution in [0, 0.1) is 13.8 Å². The van der Waals surface area contributed by atoms with Crippen LogP contribution in [0.2, 0.25) is 0 Å². The van der Waals surface area contributed by atoms with Gasteiger partial charge in [0.2, 0.25) is 0 Å². The highest BCUT2D eigenvalue weighted by Crippen LogP contribution is 2.22. The molecule has 3 rings (SSSR count). The van der Waals surface area contributed by atoms with E-state index >= 15 is 0 Å². The molecular weight excluding hydrogens is 250 g/mol. The van der Waals surface area contributed by atoms with Crippen LogP contribution in [0.1, 0.15) is 16.7 Å². The molecule has 2 aromatic carbocycles. The summed E-state index contributed by atoms with van der Waals surface area (Å²) in [6.45, 7) is 4.01. The summed E-state index contributed by atoms with van der Waals surface area (Å²) in [5, 5.41) is 0. The molecule has 4 heteroatoms. The molecule has 100 valence electrons. The van der Waals surface area contributed by atoms with Crippen molar-refractivity contribution in [3.05, 3.63) is 59.2 Å². The van der Waals surface area contributed by atoms with Gasteiger partial charge >= 0.3 is 6.01 Å². The molecule has 0 fully saturated rings. The lowest BCUT2D eigenvalue weighted by Gasteiger charge is -2.02. The monoisotopic (exact) mass is 265 g/mol. The number of aromatic nitrogens is 1. The number of oxazole rings is 1. The quantitative estimate of drug-likeness (QED) is 0.570. The van der Waals surface area contributed by atoms with Gasteiger partial charge in [-0.15, -0.1) is 0 Å². The van der Waals surface area contributed by atoms with Crippen molar-refractivity contribution in [3.8, 4) is 0 Å². The Bertz CT molecular complexity index is 802. The van der Waals surface area contributed by atoms with Crippen LogP contribution in [-0.2, 0) is 0 Å². The molecule has 20 heavy (non-hydrogen) atoms. The largest absolute Gasteiger partial charge is 0.422 e. The van der Waals surface area contributed by atoms with Crippen molar-refractivity contribution in [2.24, 2.45) is 10.7 Å². The van der Waals surface area contributed by atoms with E-state index in [1.54, 1.807) is 0 Å². The number of amidine groups is 1. The summed E-state index contributed by atoms with van der Waals surface area (Å²) in [6.07, 6.45) is 0. The van der Waals surface area contributed by atoms with E-state index in [4.69, 9.17) is 10.2 Å². The van der Waals surface area contributed by atoms with E-state index in [-0.39, 0.29) is 6.01 Å². The highest BCUT2D eigenvalue weighted by atomic mass is 16.4. The second-order valence-corrected chi connectivity index (χ2v) is 4.78. The Morgan fingerprint density at radius 1 is 1.15 bits per heavy atom. The summed E-state index contributed by atoms with van der Waals surface area (Å²) >= 11 is 0. The average Bonchev–Trinajstić information content (AvgIpc) is 2.80. The van der Waals surface area contributed by atoms with Crippen LogP contribution in [0.3, 0.4) is 0 Å². The first kappa shape index (κ1) is 12.4. The molecule has 0 radical (unpaired) electrons. The molecule has 1 heterocycles. The molecular formula is C16H15N3O. The molecule has 1 aromatic heterocycles. The lowest BCUT2D eigenvalue weighted by atomic mass is 10.1. The van der Waals surface area contributed by atoms with Gasteiger partial charge in [-0.05, 0) is 37.1 Å². The lowest BCUT2D eigenvalue weighted by Crippen LogP contribution is -2.14. The molecule has 0 aliphatic rings. The molecule has 4 nitrogen and oxygen atoms in total. The van der Waals surface area contributed by atoms with Gasteiger partial charge < -0.3 is 10.2 Å². The predicted octanol–water partition coefficient (Wildman–Crippen LogP) is 3.48. The third-order valence-corrected chi connectivity index (χ3v) is 3.17. The first-order chi connectivity index (χ1) is 9.63. The molecule has 0 unspecified atom stereocenters. The van der Waals surface area contributed by atoms with Crippen LogP contribution in [0.25, 0.3) is 11.1 Å². The first-order valence-corrected chi connectivity index (χ1v) is 6.41. The van der Waals surface area contributed by atoms with E-state index in [9.17, 15) is 0 Å². The van der Waals surface area contributed by atoms with E-state index in [2.05, 4.69) is 9.98 Å². The minimum atomic E-state index is 0.284. The Labute approximate surface area is 117 Å². The maximum absolute atomic E-state index is 6.03. The SMILES string of the molecule is Cc1ccc2oc(/N=C(\N)c3ccccc3C)nc2c1. The Hall–Kier alpha value is -2.62. The first-order valence-electron chi connectivity index (χ1n) is 6.41. The predicted molar refractivity (Wildman–Crippen MR) is 80.3 cm³/mol. The number of nitrogens with two attached hydrogens (primary N) is 1. The number of rotatable bonds is 2. The van der Waals surface area contributed by atoms with Crippen molar-refractivity contribution in [3.63, 3.8) is 0 Å². The zero-order chi connectivity index (χ0) is 14.1. The summed E-state index contributed by atoms with van der Waals surface area (Å²) in [6, 6.07) is 13.9. The highest BCUT2D eigenvalue weighted by Gasteiger charge is 2.07. The minimum absolute atomic E-state index is 0.284. The van der Waals surface area contributed by atoms with Gasteiger partial charge in [-0.25, -0.2) is 0 Å². The standard InChI is InChI=1S/C16H15N3O/c1-10-7-8-14-13(9-10)18-16(20-14)19-15(17)12-6-4-3-5-11(12)2/h3-9H,1-2H3,(H2,17,18,19). The van der Waals surface area contributed by atoms with Crippen LogP contribution in [-0.4, -0.2) is 10.8 Å². The molecule has 0 aliphatic heterocycles. The number of aryl methyl sites for hydroxylation is 2. The maximum Gasteiger partial charge on any atom is 0.324 e. The van der Waals surface area contributed by atoms with Crippen molar-refractivity contribution in [1.29, 1.82) is 0 Å². The zero-order valence-electron chi connectivity index (χ0n) is 11.4. The van der Waals surface area contributed by atoms with Gasteiger partial charge in [-0.1, -0.05) is 30.3 Å². The Balaban J connectivity index is 2.03. The minimum Gasteiger partial charge on any atom is -0.422 e. The van der Waals surface area contributed by atoms with Gasteiger partial charge in [-0.2, -0.15) is 9.98 Å². The molecule has 0 atom stereocenters. The molecule has 3 aromatic rings. The van der Waals surface area contributed by atoms with Crippen LogP contribution < -0.4 is 5.73 Å². The van der Waals surface area contributed by atoms with E-state index in [1.807, 2.05) is 56.3 Å². The van der Waals surface area contributed by atoms with Crippen molar-refractivity contribution in [1.82, 2.24) is 4.98 Å². The summed E-state index contributed by atoms with van der Waals surface area (Å²) in [7, 11) is 0. The van der Waals surface area contributed by atoms with Crippen molar-refractivity contribution >= 4 is 22.9 Å². The van der Waals surface area contributed by atoms with Crippen molar-refractivity contribution in [2.45, 2.75) is 13.8 Å². The molecule has 0 amide bonds. The second kappa shape index (κ2) is 4.81. The second-order valence-electron chi connectivity index (χ2n) is 4.78. The smallest absolute Gasteiger partial charge is 0.324 e. The van der Waals surface area contributed by atoms with Gasteiger partial charge in [-0.3, -0.25) is 0 Å². The fourth-order valence-corrected chi connectivity index (χ4v) is 2.10. The van der Waals surface area contributed by atoms with Gasteiger partial charge in [0.25, 0.3) is 0 Å². The fraction of sp³-hybridized carbons (Fsp3) is 0.125. The van der Waals surface area contributed by atoms with E-state index in [0.717, 1.165) is 22.2 Å². The Morgan fingerprint density at radius 2 is 1.95 bits per heavy atom. The van der Waals surface area contributed by atoms with Gasteiger partial charge in [0, 0.05) is 5.56 Å². The number of aliphatic imine (C=N–C) groups is 1. The number of nitrogens with zero attached hydrogens (tertiary/aromatic N) is 2. The third-order valence-electron chi connectivity index (χ3n) is 3.17. The normalized spacial score (nSPS) is 12.0. The van der Waals surface area contributed by atoms with Gasteiger partial charge in [0.1, 0.15) is 11.4 Å². The number of fused-ring (bicyclic) bond motifs is 1. The summed E-state index contributed by atoms with van der Waals surface area (Å²) in [4.78, 5) is 8.61. The van der Waals surface area contributed by atoms with Crippen LogP contribution in [0.5, 0.6) is 0 Å². The molecule has 2 N–H and O–H groups in total.